The number of ether oxygens (including phenoxy) is 1. The summed E-state index contributed by atoms with van der Waals surface area (Å²) in [7, 11) is 2.79. The van der Waals surface area contributed by atoms with E-state index in [9.17, 15) is 18.0 Å². The van der Waals surface area contributed by atoms with Crippen LogP contribution >= 0.6 is 11.9 Å². The lowest BCUT2D eigenvalue weighted by Gasteiger charge is -2.27. The van der Waals surface area contributed by atoms with E-state index >= 15 is 0 Å². The molecule has 0 aliphatic heterocycles. The number of alkyl halides is 3. The number of hydrogen-bond acceptors (Lipinski definition) is 3. The van der Waals surface area contributed by atoms with E-state index < -0.39 is 23.5 Å². The zero-order valence-corrected chi connectivity index (χ0v) is 11.9. The summed E-state index contributed by atoms with van der Waals surface area (Å²) in [6.45, 7) is -0.131. The molecule has 112 valence electrons. The van der Waals surface area contributed by atoms with Gasteiger partial charge < -0.3 is 4.74 Å². The number of methoxy groups -OCH3 is 1. The molecule has 0 unspecified atom stereocenters. The number of benzene rings is 1. The van der Waals surface area contributed by atoms with Crippen molar-refractivity contribution in [3.8, 4) is 0 Å². The van der Waals surface area contributed by atoms with Crippen LogP contribution in [0.15, 0.2) is 30.3 Å². The van der Waals surface area contributed by atoms with Crippen molar-refractivity contribution in [2.75, 3.05) is 32.2 Å². The first kappa shape index (κ1) is 16.6. The molecule has 1 aromatic carbocycles. The molecule has 1 aromatic rings. The van der Waals surface area contributed by atoms with Crippen molar-refractivity contribution < 1.29 is 22.7 Å². The van der Waals surface area contributed by atoms with E-state index in [1.165, 1.54) is 14.2 Å². The summed E-state index contributed by atoms with van der Waals surface area (Å²) < 4.78 is 42.8. The van der Waals surface area contributed by atoms with Gasteiger partial charge in [-0.1, -0.05) is 18.2 Å². The summed E-state index contributed by atoms with van der Waals surface area (Å²) in [5.41, 5.74) is -4.01. The number of nitrogens with zero attached hydrogens (tertiary/aromatic N) is 2. The number of carbonyl (C=O) groups is 1. The zero-order valence-electron chi connectivity index (χ0n) is 11.1. The average Bonchev–Trinajstić information content (AvgIpc) is 2.41. The Morgan fingerprint density at radius 2 is 1.90 bits per heavy atom. The Kier molecular flexibility index (Phi) is 6.15. The number of para-hydroxylation sites is 1. The lowest BCUT2D eigenvalue weighted by Crippen LogP contribution is -2.40. The normalized spacial score (nSPS) is 11.2. The smallest absolute Gasteiger partial charge is 0.383 e. The number of urea groups is 1. The van der Waals surface area contributed by atoms with Crippen LogP contribution in [0.2, 0.25) is 0 Å². The molecule has 0 saturated heterocycles. The molecule has 0 bridgehead atoms. The molecule has 0 atom stereocenters. The highest BCUT2D eigenvalue weighted by Crippen LogP contribution is 2.34. The maximum absolute atomic E-state index is 12.5. The summed E-state index contributed by atoms with van der Waals surface area (Å²) >= 11 is -0.465. The van der Waals surface area contributed by atoms with Gasteiger partial charge in [0.25, 0.3) is 0 Å². The second-order valence-electron chi connectivity index (χ2n) is 3.81. The van der Waals surface area contributed by atoms with Gasteiger partial charge in [-0.2, -0.15) is 13.2 Å². The second-order valence-corrected chi connectivity index (χ2v) is 4.90. The Bertz CT molecular complexity index is 428. The van der Waals surface area contributed by atoms with Crippen LogP contribution in [-0.4, -0.2) is 43.2 Å². The maximum Gasteiger partial charge on any atom is 0.461 e. The van der Waals surface area contributed by atoms with Crippen LogP contribution < -0.4 is 4.90 Å². The summed E-state index contributed by atoms with van der Waals surface area (Å²) in [5, 5.41) is 0. The van der Waals surface area contributed by atoms with E-state index in [2.05, 4.69) is 0 Å². The Morgan fingerprint density at radius 3 is 2.40 bits per heavy atom. The molecule has 8 heteroatoms. The molecule has 0 aliphatic rings. The third-order valence-corrected chi connectivity index (χ3v) is 3.12. The van der Waals surface area contributed by atoms with Gasteiger partial charge in [0.15, 0.2) is 0 Å². The molecular formula is C12H15F3N2O2S. The lowest BCUT2D eigenvalue weighted by atomic mass is 10.3. The molecule has 4 nitrogen and oxygen atoms in total. The Morgan fingerprint density at radius 1 is 1.30 bits per heavy atom. The van der Waals surface area contributed by atoms with E-state index in [1.807, 2.05) is 0 Å². The number of carbonyl (C=O) groups excluding carboxylic acids is 1. The van der Waals surface area contributed by atoms with Crippen LogP contribution in [0.3, 0.4) is 0 Å². The predicted molar refractivity (Wildman–Crippen MR) is 72.5 cm³/mol. The van der Waals surface area contributed by atoms with Gasteiger partial charge in [0.2, 0.25) is 0 Å². The van der Waals surface area contributed by atoms with Crippen molar-refractivity contribution in [3.05, 3.63) is 30.3 Å². The zero-order chi connectivity index (χ0) is 15.2. The first-order valence-corrected chi connectivity index (χ1v) is 6.47. The van der Waals surface area contributed by atoms with Crippen molar-refractivity contribution in [3.63, 3.8) is 0 Å². The monoisotopic (exact) mass is 308 g/mol. The topological polar surface area (TPSA) is 32.8 Å². The van der Waals surface area contributed by atoms with E-state index in [1.54, 1.807) is 30.3 Å². The van der Waals surface area contributed by atoms with Gasteiger partial charge in [0.05, 0.1) is 25.1 Å². The molecule has 0 radical (unpaired) electrons. The number of halogens is 3. The minimum Gasteiger partial charge on any atom is -0.383 e. The van der Waals surface area contributed by atoms with Crippen LogP contribution in [0.4, 0.5) is 23.7 Å². The minimum atomic E-state index is -4.53. The number of amides is 2. The molecule has 0 aromatic heterocycles. The van der Waals surface area contributed by atoms with Crippen molar-refractivity contribution in [1.29, 1.82) is 0 Å². The molecule has 0 heterocycles. The molecule has 1 rings (SSSR count). The average molecular weight is 308 g/mol. The molecule has 0 saturated carbocycles. The van der Waals surface area contributed by atoms with E-state index in [-0.39, 0.29) is 13.2 Å². The van der Waals surface area contributed by atoms with Gasteiger partial charge in [-0.25, -0.2) is 4.79 Å². The third-order valence-electron chi connectivity index (χ3n) is 2.36. The minimum absolute atomic E-state index is 0.0252. The molecule has 20 heavy (non-hydrogen) atoms. The number of hydrogen-bond donors (Lipinski definition) is 0. The Hall–Kier alpha value is -1.41. The van der Waals surface area contributed by atoms with Crippen LogP contribution in [0.5, 0.6) is 0 Å². The molecule has 0 fully saturated rings. The fourth-order valence-electron chi connectivity index (χ4n) is 1.41. The van der Waals surface area contributed by atoms with Crippen molar-refractivity contribution in [2.24, 2.45) is 0 Å². The lowest BCUT2D eigenvalue weighted by molar-refractivity contribution is -0.0357. The van der Waals surface area contributed by atoms with Crippen molar-refractivity contribution in [2.45, 2.75) is 5.51 Å². The fraction of sp³-hybridized carbons (Fsp3) is 0.417. The summed E-state index contributed by atoms with van der Waals surface area (Å²) in [6, 6.07) is 7.70. The summed E-state index contributed by atoms with van der Waals surface area (Å²) in [4.78, 5) is 13.3. The summed E-state index contributed by atoms with van der Waals surface area (Å²) in [6.07, 6.45) is 0. The maximum atomic E-state index is 12.5. The Balaban J connectivity index is 2.81. The van der Waals surface area contributed by atoms with Gasteiger partial charge in [0.1, 0.15) is 0 Å². The van der Waals surface area contributed by atoms with Gasteiger partial charge >= 0.3 is 11.5 Å². The first-order valence-electron chi connectivity index (χ1n) is 5.70. The van der Waals surface area contributed by atoms with Gasteiger partial charge in [-0.05, 0) is 12.1 Å². The molecule has 0 aliphatic carbocycles. The van der Waals surface area contributed by atoms with Crippen LogP contribution in [-0.2, 0) is 4.74 Å². The van der Waals surface area contributed by atoms with E-state index in [0.717, 1.165) is 4.90 Å². The predicted octanol–water partition coefficient (Wildman–Crippen LogP) is 3.36. The van der Waals surface area contributed by atoms with Crippen LogP contribution in [0.1, 0.15) is 0 Å². The molecular weight excluding hydrogens is 293 g/mol. The van der Waals surface area contributed by atoms with Gasteiger partial charge in [-0.3, -0.25) is 9.21 Å². The second kappa shape index (κ2) is 7.39. The van der Waals surface area contributed by atoms with Crippen LogP contribution in [0.25, 0.3) is 0 Å². The van der Waals surface area contributed by atoms with Gasteiger partial charge in [-0.15, -0.1) is 0 Å². The Labute approximate surface area is 119 Å². The standard InChI is InChI=1S/C12H15F3N2O2S/c1-16(10-6-4-3-5-7-10)11(18)17(8-9-19-2)20-12(13,14)15/h3-7H,8-9H2,1-2H3. The fourth-order valence-corrected chi connectivity index (χ4v) is 2.03. The SMILES string of the molecule is COCCN(SC(F)(F)F)C(=O)N(C)c1ccccc1. The quantitative estimate of drug-likeness (QED) is 0.782. The highest BCUT2D eigenvalue weighted by molar-refractivity contribution is 7.98. The van der Waals surface area contributed by atoms with Gasteiger partial charge in [0, 0.05) is 19.8 Å². The summed E-state index contributed by atoms with van der Waals surface area (Å²) in [5.74, 6) is 0. The highest BCUT2D eigenvalue weighted by Gasteiger charge is 2.36. The first-order chi connectivity index (χ1) is 9.35. The largest absolute Gasteiger partial charge is 0.461 e. The highest BCUT2D eigenvalue weighted by atomic mass is 32.2. The van der Waals surface area contributed by atoms with Crippen molar-refractivity contribution in [1.82, 2.24) is 4.31 Å². The third kappa shape index (κ3) is 5.30. The van der Waals surface area contributed by atoms with Crippen molar-refractivity contribution >= 4 is 23.7 Å². The molecule has 0 N–H and O–H groups in total. The van der Waals surface area contributed by atoms with E-state index in [4.69, 9.17) is 4.74 Å². The molecule has 0 spiro atoms. The number of rotatable bonds is 5. The number of anilines is 1. The molecule has 2 amide bonds. The van der Waals surface area contributed by atoms with Crippen LogP contribution in [0, 0.1) is 0 Å². The van der Waals surface area contributed by atoms with E-state index in [0.29, 0.717) is 9.99 Å².